The lowest BCUT2D eigenvalue weighted by atomic mass is 9.98. The van der Waals surface area contributed by atoms with Gasteiger partial charge in [-0.3, -0.25) is 4.79 Å². The predicted molar refractivity (Wildman–Crippen MR) is 130 cm³/mol. The lowest BCUT2D eigenvalue weighted by Crippen LogP contribution is -2.35. The first-order valence-corrected chi connectivity index (χ1v) is 11.2. The number of carbonyl (C=O) groups excluding carboxylic acids is 2. The van der Waals surface area contributed by atoms with E-state index in [0.717, 1.165) is 42.9 Å². The lowest BCUT2D eigenvalue weighted by Gasteiger charge is -2.33. The highest BCUT2D eigenvalue weighted by molar-refractivity contribution is 6.04. The van der Waals surface area contributed by atoms with Crippen molar-refractivity contribution in [2.24, 2.45) is 5.92 Å². The summed E-state index contributed by atoms with van der Waals surface area (Å²) in [7, 11) is 1.60. The summed E-state index contributed by atoms with van der Waals surface area (Å²) in [5.41, 5.74) is 5.02. The first-order chi connectivity index (χ1) is 15.4. The van der Waals surface area contributed by atoms with Crippen molar-refractivity contribution in [2.75, 3.05) is 48.9 Å². The number of ether oxygens (including phenoxy) is 1. The van der Waals surface area contributed by atoms with E-state index < -0.39 is 0 Å². The molecule has 1 saturated heterocycles. The van der Waals surface area contributed by atoms with Crippen LogP contribution in [0.1, 0.15) is 41.3 Å². The van der Waals surface area contributed by atoms with E-state index in [1.54, 1.807) is 13.2 Å². The molecule has 1 fully saturated rings. The Kier molecular flexibility index (Phi) is 8.11. The van der Waals surface area contributed by atoms with Gasteiger partial charge in [-0.25, -0.2) is 4.79 Å². The first-order valence-electron chi connectivity index (χ1n) is 11.2. The predicted octanol–water partition coefficient (Wildman–Crippen LogP) is 4.56. The molecular formula is C25H34N4O3. The molecule has 32 heavy (non-hydrogen) atoms. The summed E-state index contributed by atoms with van der Waals surface area (Å²) in [4.78, 5) is 27.7. The molecule has 1 heterocycles. The summed E-state index contributed by atoms with van der Waals surface area (Å²) in [5.74, 6) is 0.522. The Morgan fingerprint density at radius 3 is 2.31 bits per heavy atom. The van der Waals surface area contributed by atoms with Gasteiger partial charge >= 0.3 is 6.03 Å². The number of piperidine rings is 1. The molecule has 7 nitrogen and oxygen atoms in total. The SMILES string of the molecule is COCCNC(=O)c1cc(NC(=O)Nc2ccc(C)c(C)c2)ccc1N1CCC(C)CC1. The number of methoxy groups -OCH3 is 1. The summed E-state index contributed by atoms with van der Waals surface area (Å²) in [6, 6.07) is 10.9. The Hall–Kier alpha value is -3.06. The maximum atomic E-state index is 12.9. The zero-order valence-corrected chi connectivity index (χ0v) is 19.5. The molecule has 0 spiro atoms. The molecule has 0 unspecified atom stereocenters. The van der Waals surface area contributed by atoms with Crippen molar-refractivity contribution in [1.29, 1.82) is 0 Å². The maximum absolute atomic E-state index is 12.9. The molecule has 1 aliphatic rings. The average molecular weight is 439 g/mol. The van der Waals surface area contributed by atoms with Crippen LogP contribution in [0.2, 0.25) is 0 Å². The number of hydrogen-bond donors (Lipinski definition) is 3. The number of rotatable bonds is 7. The van der Waals surface area contributed by atoms with E-state index in [1.165, 1.54) is 5.56 Å². The monoisotopic (exact) mass is 438 g/mol. The van der Waals surface area contributed by atoms with Crippen LogP contribution in [0, 0.1) is 19.8 Å². The number of nitrogens with zero attached hydrogens (tertiary/aromatic N) is 1. The number of carbonyl (C=O) groups is 2. The fourth-order valence-corrected chi connectivity index (χ4v) is 3.80. The van der Waals surface area contributed by atoms with Crippen LogP contribution in [0.5, 0.6) is 0 Å². The topological polar surface area (TPSA) is 82.7 Å². The van der Waals surface area contributed by atoms with Gasteiger partial charge in [0.15, 0.2) is 0 Å². The number of urea groups is 1. The zero-order valence-electron chi connectivity index (χ0n) is 19.5. The minimum absolute atomic E-state index is 0.172. The molecule has 0 bridgehead atoms. The fourth-order valence-electron chi connectivity index (χ4n) is 3.80. The van der Waals surface area contributed by atoms with E-state index in [2.05, 4.69) is 27.8 Å². The van der Waals surface area contributed by atoms with Gasteiger partial charge in [-0.2, -0.15) is 0 Å². The molecule has 3 amide bonds. The van der Waals surface area contributed by atoms with Crippen LogP contribution in [0.25, 0.3) is 0 Å². The van der Waals surface area contributed by atoms with E-state index in [0.29, 0.717) is 30.3 Å². The van der Waals surface area contributed by atoms with Crippen LogP contribution < -0.4 is 20.9 Å². The van der Waals surface area contributed by atoms with Crippen LogP contribution >= 0.6 is 0 Å². The molecule has 0 radical (unpaired) electrons. The summed E-state index contributed by atoms with van der Waals surface area (Å²) in [6.07, 6.45) is 2.20. The summed E-state index contributed by atoms with van der Waals surface area (Å²) in [5, 5.41) is 8.61. The third-order valence-electron chi connectivity index (χ3n) is 5.98. The zero-order chi connectivity index (χ0) is 23.1. The molecule has 1 aliphatic heterocycles. The van der Waals surface area contributed by atoms with Gasteiger partial charge in [0.25, 0.3) is 5.91 Å². The largest absolute Gasteiger partial charge is 0.383 e. The Morgan fingerprint density at radius 1 is 1.00 bits per heavy atom. The smallest absolute Gasteiger partial charge is 0.323 e. The fraction of sp³-hybridized carbons (Fsp3) is 0.440. The molecule has 0 aliphatic carbocycles. The minimum atomic E-state index is -0.349. The molecule has 172 valence electrons. The third kappa shape index (κ3) is 6.23. The number of amides is 3. The van der Waals surface area contributed by atoms with Crippen molar-refractivity contribution < 1.29 is 14.3 Å². The van der Waals surface area contributed by atoms with Gasteiger partial charge in [-0.05, 0) is 74.1 Å². The van der Waals surface area contributed by atoms with Crippen molar-refractivity contribution in [3.8, 4) is 0 Å². The number of nitrogens with one attached hydrogen (secondary N) is 3. The second-order valence-corrected chi connectivity index (χ2v) is 8.53. The van der Waals surface area contributed by atoms with Gasteiger partial charge in [0.05, 0.1) is 12.2 Å². The van der Waals surface area contributed by atoms with Gasteiger partial charge in [0.2, 0.25) is 0 Å². The normalized spacial score (nSPS) is 14.2. The molecule has 2 aromatic rings. The average Bonchev–Trinajstić information content (AvgIpc) is 2.77. The highest BCUT2D eigenvalue weighted by Crippen LogP contribution is 2.29. The molecule has 0 atom stereocenters. The first kappa shape index (κ1) is 23.6. The van der Waals surface area contributed by atoms with Crippen LogP contribution in [0.3, 0.4) is 0 Å². The standard InChI is InChI=1S/C25H34N4O3/c1-17-9-12-29(13-10-17)23-8-7-21(16-22(23)24(30)26-11-14-32-4)28-25(31)27-20-6-5-18(2)19(3)15-20/h5-8,15-17H,9-14H2,1-4H3,(H,26,30)(H2,27,28,31). The van der Waals surface area contributed by atoms with E-state index in [9.17, 15) is 9.59 Å². The molecular weight excluding hydrogens is 404 g/mol. The molecule has 0 aromatic heterocycles. The summed E-state index contributed by atoms with van der Waals surface area (Å²) < 4.78 is 5.04. The van der Waals surface area contributed by atoms with Gasteiger partial charge in [0.1, 0.15) is 0 Å². The lowest BCUT2D eigenvalue weighted by molar-refractivity contribution is 0.0937. The van der Waals surface area contributed by atoms with Crippen LogP contribution in [0.15, 0.2) is 36.4 Å². The van der Waals surface area contributed by atoms with Gasteiger partial charge in [-0.1, -0.05) is 13.0 Å². The Morgan fingerprint density at radius 2 is 1.66 bits per heavy atom. The van der Waals surface area contributed by atoms with Crippen molar-refractivity contribution in [3.63, 3.8) is 0 Å². The second kappa shape index (κ2) is 11.0. The number of hydrogen-bond acceptors (Lipinski definition) is 4. The Balaban J connectivity index is 1.76. The number of anilines is 3. The Bertz CT molecular complexity index is 952. The summed E-state index contributed by atoms with van der Waals surface area (Å²) >= 11 is 0. The van der Waals surface area contributed by atoms with Crippen molar-refractivity contribution in [3.05, 3.63) is 53.1 Å². The Labute approximate surface area is 190 Å². The maximum Gasteiger partial charge on any atom is 0.323 e. The van der Waals surface area contributed by atoms with E-state index >= 15 is 0 Å². The molecule has 3 N–H and O–H groups in total. The number of benzene rings is 2. The van der Waals surface area contributed by atoms with E-state index in [1.807, 2.05) is 44.2 Å². The van der Waals surface area contributed by atoms with Crippen LogP contribution in [-0.2, 0) is 4.74 Å². The van der Waals surface area contributed by atoms with Gasteiger partial charge in [0, 0.05) is 43.8 Å². The highest BCUT2D eigenvalue weighted by Gasteiger charge is 2.22. The van der Waals surface area contributed by atoms with Crippen molar-refractivity contribution in [2.45, 2.75) is 33.6 Å². The van der Waals surface area contributed by atoms with Gasteiger partial charge in [-0.15, -0.1) is 0 Å². The third-order valence-corrected chi connectivity index (χ3v) is 5.98. The minimum Gasteiger partial charge on any atom is -0.383 e. The molecule has 0 saturated carbocycles. The van der Waals surface area contributed by atoms with Crippen LogP contribution in [-0.4, -0.2) is 45.3 Å². The molecule has 3 rings (SSSR count). The highest BCUT2D eigenvalue weighted by atomic mass is 16.5. The van der Waals surface area contributed by atoms with E-state index in [4.69, 9.17) is 4.74 Å². The van der Waals surface area contributed by atoms with Gasteiger partial charge < -0.3 is 25.6 Å². The number of aryl methyl sites for hydroxylation is 2. The van der Waals surface area contributed by atoms with E-state index in [-0.39, 0.29) is 11.9 Å². The molecule has 7 heteroatoms. The van der Waals surface area contributed by atoms with Crippen LogP contribution in [0.4, 0.5) is 21.9 Å². The van der Waals surface area contributed by atoms with Crippen molar-refractivity contribution in [1.82, 2.24) is 5.32 Å². The van der Waals surface area contributed by atoms with Crippen molar-refractivity contribution >= 4 is 29.0 Å². The summed E-state index contributed by atoms with van der Waals surface area (Å²) in [6.45, 7) is 9.00. The quantitative estimate of drug-likeness (QED) is 0.554. The molecule has 2 aromatic carbocycles. The second-order valence-electron chi connectivity index (χ2n) is 8.53.